The van der Waals surface area contributed by atoms with E-state index in [1.165, 1.54) is 0 Å². The quantitative estimate of drug-likeness (QED) is 0.902. The van der Waals surface area contributed by atoms with Crippen LogP contribution in [0.1, 0.15) is 46.1 Å². The van der Waals surface area contributed by atoms with Gasteiger partial charge in [-0.05, 0) is 55.7 Å². The Bertz CT molecular complexity index is 728. The van der Waals surface area contributed by atoms with Crippen molar-refractivity contribution in [1.29, 1.82) is 0 Å². The predicted octanol–water partition coefficient (Wildman–Crippen LogP) is 3.06. The van der Waals surface area contributed by atoms with Crippen molar-refractivity contribution >= 4 is 11.6 Å². The molecule has 1 aliphatic rings. The summed E-state index contributed by atoms with van der Waals surface area (Å²) in [4.78, 5) is 12.7. The van der Waals surface area contributed by atoms with E-state index in [4.69, 9.17) is 4.74 Å². The van der Waals surface area contributed by atoms with Crippen LogP contribution >= 0.6 is 0 Å². The number of rotatable bonds is 5. The summed E-state index contributed by atoms with van der Waals surface area (Å²) < 4.78 is 7.43. The molecule has 2 atom stereocenters. The van der Waals surface area contributed by atoms with Crippen LogP contribution in [-0.2, 0) is 9.53 Å². The lowest BCUT2D eigenvalue weighted by molar-refractivity contribution is -0.124. The predicted molar refractivity (Wildman–Crippen MR) is 95.0 cm³/mol. The molecule has 25 heavy (non-hydrogen) atoms. The van der Waals surface area contributed by atoms with E-state index in [1.54, 1.807) is 4.68 Å². The minimum atomic E-state index is -0.0205. The molecule has 0 bridgehead atoms. The first-order valence-corrected chi connectivity index (χ1v) is 8.89. The highest BCUT2D eigenvalue weighted by Crippen LogP contribution is 2.29. The lowest BCUT2D eigenvalue weighted by Gasteiger charge is -2.28. The molecule has 1 fully saturated rings. The van der Waals surface area contributed by atoms with E-state index in [0.29, 0.717) is 12.4 Å². The van der Waals surface area contributed by atoms with Gasteiger partial charge in [-0.1, -0.05) is 19.1 Å². The van der Waals surface area contributed by atoms with Crippen molar-refractivity contribution in [1.82, 2.24) is 20.2 Å². The summed E-state index contributed by atoms with van der Waals surface area (Å²) in [6.07, 6.45) is 2.64. The maximum absolute atomic E-state index is 12.7. The smallest absolute Gasteiger partial charge is 0.227 e. The summed E-state index contributed by atoms with van der Waals surface area (Å²) >= 11 is 0. The molecular weight excluding hydrogens is 318 g/mol. The van der Waals surface area contributed by atoms with Crippen LogP contribution in [0, 0.1) is 5.92 Å². The number of tetrazole rings is 1. The van der Waals surface area contributed by atoms with E-state index >= 15 is 0 Å². The van der Waals surface area contributed by atoms with Crippen LogP contribution in [0.5, 0.6) is 0 Å². The molecule has 3 rings (SSSR count). The van der Waals surface area contributed by atoms with Gasteiger partial charge in [0.05, 0.1) is 17.8 Å². The Hall–Kier alpha value is -2.28. The van der Waals surface area contributed by atoms with Crippen molar-refractivity contribution in [3.8, 4) is 11.4 Å². The lowest BCUT2D eigenvalue weighted by Crippen LogP contribution is -2.33. The standard InChI is InChI=1S/C18H25N5O2/c1-4-14-11-13(9-10-25-14)18(24)19-16-8-6-5-7-15(16)17-20-21-22-23(17)12(2)3/h5-8,12-14H,4,9-11H2,1-3H3,(H,19,24)/t13-,14-/m0/s1. The van der Waals surface area contributed by atoms with E-state index in [0.717, 1.165) is 30.5 Å². The number of carbonyl (C=O) groups is 1. The number of para-hydroxylation sites is 1. The number of hydrogen-bond acceptors (Lipinski definition) is 5. The first-order chi connectivity index (χ1) is 12.1. The van der Waals surface area contributed by atoms with Crippen LogP contribution in [0.3, 0.4) is 0 Å². The van der Waals surface area contributed by atoms with Crippen molar-refractivity contribution in [2.24, 2.45) is 5.92 Å². The zero-order valence-corrected chi connectivity index (χ0v) is 15.0. The Kier molecular flexibility index (Phi) is 5.43. The van der Waals surface area contributed by atoms with Crippen LogP contribution in [0.2, 0.25) is 0 Å². The summed E-state index contributed by atoms with van der Waals surface area (Å²) in [7, 11) is 0. The fourth-order valence-electron chi connectivity index (χ4n) is 3.14. The third-order valence-electron chi connectivity index (χ3n) is 4.60. The minimum absolute atomic E-state index is 0.0205. The van der Waals surface area contributed by atoms with Crippen LogP contribution < -0.4 is 5.32 Å². The first kappa shape index (κ1) is 17.5. The van der Waals surface area contributed by atoms with Crippen molar-refractivity contribution in [3.05, 3.63) is 24.3 Å². The molecule has 0 radical (unpaired) electrons. The second-order valence-electron chi connectivity index (χ2n) is 6.70. The van der Waals surface area contributed by atoms with E-state index in [9.17, 15) is 4.79 Å². The molecule has 2 heterocycles. The first-order valence-electron chi connectivity index (χ1n) is 8.89. The second-order valence-corrected chi connectivity index (χ2v) is 6.70. The minimum Gasteiger partial charge on any atom is -0.378 e. The average Bonchev–Trinajstić information content (AvgIpc) is 3.12. The summed E-state index contributed by atoms with van der Waals surface area (Å²) in [5, 5.41) is 15.1. The van der Waals surface area contributed by atoms with Crippen LogP contribution in [0.15, 0.2) is 24.3 Å². The summed E-state index contributed by atoms with van der Waals surface area (Å²) in [6, 6.07) is 7.78. The average molecular weight is 343 g/mol. The molecule has 0 saturated carbocycles. The number of amides is 1. The normalized spacial score (nSPS) is 20.6. The Morgan fingerprint density at radius 2 is 2.20 bits per heavy atom. The number of nitrogens with one attached hydrogen (secondary N) is 1. The monoisotopic (exact) mass is 343 g/mol. The number of aromatic nitrogens is 4. The molecule has 1 N–H and O–H groups in total. The zero-order chi connectivity index (χ0) is 17.8. The number of ether oxygens (including phenoxy) is 1. The molecule has 1 aromatic heterocycles. The number of benzene rings is 1. The highest BCUT2D eigenvalue weighted by Gasteiger charge is 2.27. The van der Waals surface area contributed by atoms with Gasteiger partial charge in [-0.15, -0.1) is 5.10 Å². The number of nitrogens with zero attached hydrogens (tertiary/aromatic N) is 4. The van der Waals surface area contributed by atoms with Gasteiger partial charge in [0.2, 0.25) is 5.91 Å². The van der Waals surface area contributed by atoms with Gasteiger partial charge < -0.3 is 10.1 Å². The lowest BCUT2D eigenvalue weighted by atomic mass is 9.93. The Morgan fingerprint density at radius 3 is 2.96 bits per heavy atom. The van der Waals surface area contributed by atoms with E-state index in [-0.39, 0.29) is 24.0 Å². The van der Waals surface area contributed by atoms with Crippen LogP contribution in [0.25, 0.3) is 11.4 Å². The van der Waals surface area contributed by atoms with Gasteiger partial charge >= 0.3 is 0 Å². The van der Waals surface area contributed by atoms with Crippen molar-refractivity contribution in [3.63, 3.8) is 0 Å². The third kappa shape index (κ3) is 3.87. The van der Waals surface area contributed by atoms with Gasteiger partial charge in [-0.3, -0.25) is 4.79 Å². The summed E-state index contributed by atoms with van der Waals surface area (Å²) in [5.74, 6) is 0.676. The number of anilines is 1. The maximum atomic E-state index is 12.7. The third-order valence-corrected chi connectivity index (χ3v) is 4.60. The van der Waals surface area contributed by atoms with Gasteiger partial charge in [0.15, 0.2) is 5.82 Å². The summed E-state index contributed by atoms with van der Waals surface area (Å²) in [5.41, 5.74) is 1.57. The fourth-order valence-corrected chi connectivity index (χ4v) is 3.14. The highest BCUT2D eigenvalue weighted by atomic mass is 16.5. The molecule has 1 saturated heterocycles. The molecule has 1 amide bonds. The molecule has 2 aromatic rings. The number of carbonyl (C=O) groups excluding carboxylic acids is 1. The van der Waals surface area contributed by atoms with Gasteiger partial charge in [-0.25, -0.2) is 4.68 Å². The van der Waals surface area contributed by atoms with Gasteiger partial charge in [-0.2, -0.15) is 0 Å². The van der Waals surface area contributed by atoms with Gasteiger partial charge in [0, 0.05) is 18.1 Å². The van der Waals surface area contributed by atoms with Crippen molar-refractivity contribution in [2.75, 3.05) is 11.9 Å². The summed E-state index contributed by atoms with van der Waals surface area (Å²) in [6.45, 7) is 6.78. The molecule has 0 unspecified atom stereocenters. The zero-order valence-electron chi connectivity index (χ0n) is 15.0. The Morgan fingerprint density at radius 1 is 1.40 bits per heavy atom. The van der Waals surface area contributed by atoms with Crippen LogP contribution in [0.4, 0.5) is 5.69 Å². The van der Waals surface area contributed by atoms with E-state index in [1.807, 2.05) is 38.1 Å². The molecule has 0 spiro atoms. The van der Waals surface area contributed by atoms with Gasteiger partial charge in [0.1, 0.15) is 0 Å². The Labute approximate surface area is 147 Å². The second kappa shape index (κ2) is 7.74. The molecule has 0 aliphatic carbocycles. The largest absolute Gasteiger partial charge is 0.378 e. The molecule has 134 valence electrons. The van der Waals surface area contributed by atoms with Crippen molar-refractivity contribution in [2.45, 2.75) is 52.2 Å². The SMILES string of the molecule is CC[C@H]1C[C@@H](C(=O)Nc2ccccc2-c2nnnn2C(C)C)CCO1. The molecule has 1 aromatic carbocycles. The molecule has 7 nitrogen and oxygen atoms in total. The highest BCUT2D eigenvalue weighted by molar-refractivity contribution is 5.96. The molecule has 7 heteroatoms. The molecule has 1 aliphatic heterocycles. The molecular formula is C18H25N5O2. The van der Waals surface area contributed by atoms with Crippen molar-refractivity contribution < 1.29 is 9.53 Å². The van der Waals surface area contributed by atoms with Gasteiger partial charge in [0.25, 0.3) is 0 Å². The topological polar surface area (TPSA) is 81.9 Å². The maximum Gasteiger partial charge on any atom is 0.227 e. The number of hydrogen-bond donors (Lipinski definition) is 1. The van der Waals surface area contributed by atoms with E-state index < -0.39 is 0 Å². The van der Waals surface area contributed by atoms with E-state index in [2.05, 4.69) is 27.8 Å². The Balaban J connectivity index is 1.82. The van der Waals surface area contributed by atoms with Crippen LogP contribution in [-0.4, -0.2) is 38.8 Å². The fraction of sp³-hybridized carbons (Fsp3) is 0.556.